The van der Waals surface area contributed by atoms with E-state index in [2.05, 4.69) is 10.1 Å². The summed E-state index contributed by atoms with van der Waals surface area (Å²) in [7, 11) is 0. The Kier molecular flexibility index (Phi) is 7.99. The Morgan fingerprint density at radius 3 is 2.32 bits per heavy atom. The van der Waals surface area contributed by atoms with Crippen LogP contribution in [0.2, 0.25) is 0 Å². The van der Waals surface area contributed by atoms with E-state index in [1.807, 2.05) is 6.92 Å². The van der Waals surface area contributed by atoms with E-state index in [9.17, 15) is 28.6 Å². The van der Waals surface area contributed by atoms with Gasteiger partial charge in [-0.05, 0) is 45.2 Å². The normalized spacial score (nSPS) is 30.9. The number of para-hydroxylation sites is 1. The lowest BCUT2D eigenvalue weighted by Gasteiger charge is -2.56. The van der Waals surface area contributed by atoms with Crippen LogP contribution in [0.1, 0.15) is 52.0 Å². The molecule has 0 aromatic heterocycles. The van der Waals surface area contributed by atoms with E-state index in [-0.39, 0.29) is 24.3 Å². The number of hydrogen-bond donors (Lipinski definition) is 3. The van der Waals surface area contributed by atoms with E-state index in [1.54, 1.807) is 19.9 Å². The van der Waals surface area contributed by atoms with Gasteiger partial charge in [0.15, 0.2) is 0 Å². The Balaban J connectivity index is 2.77. The maximum Gasteiger partial charge on any atom is 0.387 e. The topological polar surface area (TPSA) is 105 Å². The average Bonchev–Trinajstić information content (AvgIpc) is 2.69. The smallest absolute Gasteiger partial charge is 0.387 e. The van der Waals surface area contributed by atoms with Gasteiger partial charge in [0.25, 0.3) is 0 Å². The molecular weight excluding hydrogens is 412 g/mol. The van der Waals surface area contributed by atoms with Crippen molar-refractivity contribution in [1.29, 1.82) is 0 Å². The second-order valence-corrected chi connectivity index (χ2v) is 8.26. The highest BCUT2D eigenvalue weighted by Crippen LogP contribution is 2.58. The van der Waals surface area contributed by atoms with Gasteiger partial charge in [-0.1, -0.05) is 25.1 Å². The first kappa shape index (κ1) is 25.0. The number of piperidine rings is 1. The molecule has 1 aliphatic rings. The summed E-state index contributed by atoms with van der Waals surface area (Å²) in [5.41, 5.74) is -3.14. The van der Waals surface area contributed by atoms with Gasteiger partial charge in [-0.15, -0.1) is 0 Å². The molecule has 0 saturated carbocycles. The molecule has 0 aliphatic carbocycles. The largest absolute Gasteiger partial charge is 0.481 e. The molecule has 0 radical (unpaired) electrons. The molecule has 1 aliphatic heterocycles. The molecule has 5 unspecified atom stereocenters. The van der Waals surface area contributed by atoms with Crippen LogP contribution in [0.5, 0.6) is 5.75 Å². The minimum absolute atomic E-state index is 0.000229. The van der Waals surface area contributed by atoms with Crippen molar-refractivity contribution in [3.05, 3.63) is 29.8 Å². The highest BCUT2D eigenvalue weighted by Gasteiger charge is 2.65. The second-order valence-electron chi connectivity index (χ2n) is 8.26. The average molecular weight is 443 g/mol. The third kappa shape index (κ3) is 4.52. The van der Waals surface area contributed by atoms with Crippen LogP contribution < -0.4 is 10.1 Å². The summed E-state index contributed by atoms with van der Waals surface area (Å²) in [6.07, 6.45) is 0.742. The summed E-state index contributed by atoms with van der Waals surface area (Å²) in [5, 5.41) is 23.8. The number of carboxylic acid groups (broad SMARTS) is 2. The van der Waals surface area contributed by atoms with E-state index in [1.165, 1.54) is 25.1 Å². The van der Waals surface area contributed by atoms with Gasteiger partial charge in [0.1, 0.15) is 5.75 Å². The molecule has 9 heteroatoms. The number of carbonyl (C=O) groups is 2. The molecule has 0 spiro atoms. The van der Waals surface area contributed by atoms with E-state index in [0.29, 0.717) is 6.61 Å². The van der Waals surface area contributed by atoms with Crippen LogP contribution in [0.15, 0.2) is 24.3 Å². The first-order valence-corrected chi connectivity index (χ1v) is 10.4. The summed E-state index contributed by atoms with van der Waals surface area (Å²) < 4.78 is 36.5. The van der Waals surface area contributed by atoms with Crippen LogP contribution in [-0.4, -0.2) is 54.1 Å². The maximum atomic E-state index is 13.1. The lowest BCUT2D eigenvalue weighted by molar-refractivity contribution is -0.172. The van der Waals surface area contributed by atoms with Crippen LogP contribution >= 0.6 is 0 Å². The standard InChI is InChI=1S/C22H31F2NO6/c1-5-11-30-12-10-22(19(28)29)14(3)25-13(2)21(4,18(26)27)17(22)15-8-6-7-9-16(15)31-20(23)24/h6-9,13-14,17,20,25H,5,10-12H2,1-4H3,(H,26,27)(H,28,29). The SMILES string of the molecule is CCCOCCC1(C(=O)O)C(C)NC(C)C(C)(C(=O)O)C1c1ccccc1OC(F)F. The lowest BCUT2D eigenvalue weighted by Crippen LogP contribution is -2.69. The molecule has 7 nitrogen and oxygen atoms in total. The fraction of sp³-hybridized carbons (Fsp3) is 0.636. The van der Waals surface area contributed by atoms with Crippen molar-refractivity contribution in [1.82, 2.24) is 5.32 Å². The van der Waals surface area contributed by atoms with Crippen LogP contribution in [0, 0.1) is 10.8 Å². The molecule has 2 rings (SSSR count). The zero-order chi connectivity index (χ0) is 23.4. The van der Waals surface area contributed by atoms with Crippen LogP contribution in [-0.2, 0) is 14.3 Å². The molecular formula is C22H31F2NO6. The molecule has 5 atom stereocenters. The summed E-state index contributed by atoms with van der Waals surface area (Å²) in [6, 6.07) is 4.52. The van der Waals surface area contributed by atoms with Crippen molar-refractivity contribution in [3.8, 4) is 5.75 Å². The van der Waals surface area contributed by atoms with Crippen molar-refractivity contribution in [3.63, 3.8) is 0 Å². The first-order chi connectivity index (χ1) is 14.5. The molecule has 1 heterocycles. The number of hydrogen-bond acceptors (Lipinski definition) is 5. The summed E-state index contributed by atoms with van der Waals surface area (Å²) in [6.45, 7) is 4.09. The quantitative estimate of drug-likeness (QED) is 0.473. The summed E-state index contributed by atoms with van der Waals surface area (Å²) in [5.74, 6) is -3.84. The summed E-state index contributed by atoms with van der Waals surface area (Å²) >= 11 is 0. The predicted molar refractivity (Wildman–Crippen MR) is 109 cm³/mol. The van der Waals surface area contributed by atoms with Gasteiger partial charge in [0.2, 0.25) is 0 Å². The molecule has 1 saturated heterocycles. The Morgan fingerprint density at radius 1 is 1.13 bits per heavy atom. The van der Waals surface area contributed by atoms with Gasteiger partial charge >= 0.3 is 18.6 Å². The monoisotopic (exact) mass is 443 g/mol. The molecule has 0 amide bonds. The van der Waals surface area contributed by atoms with Crippen molar-refractivity contribution in [2.45, 2.75) is 65.1 Å². The predicted octanol–water partition coefficient (Wildman–Crippen LogP) is 3.73. The van der Waals surface area contributed by atoms with Gasteiger partial charge < -0.3 is 25.0 Å². The third-order valence-corrected chi connectivity index (χ3v) is 6.60. The molecule has 174 valence electrons. The molecule has 1 fully saturated rings. The minimum Gasteiger partial charge on any atom is -0.481 e. The van der Waals surface area contributed by atoms with E-state index in [4.69, 9.17) is 4.74 Å². The zero-order valence-corrected chi connectivity index (χ0v) is 18.2. The maximum absolute atomic E-state index is 13.1. The number of nitrogens with one attached hydrogen (secondary N) is 1. The van der Waals surface area contributed by atoms with Gasteiger partial charge in [-0.25, -0.2) is 0 Å². The van der Waals surface area contributed by atoms with Gasteiger partial charge in [0, 0.05) is 31.2 Å². The number of benzene rings is 1. The fourth-order valence-electron chi connectivity index (χ4n) is 4.83. The van der Waals surface area contributed by atoms with Gasteiger partial charge in [-0.3, -0.25) is 9.59 Å². The van der Waals surface area contributed by atoms with Gasteiger partial charge in [-0.2, -0.15) is 8.78 Å². The van der Waals surface area contributed by atoms with Crippen LogP contribution in [0.25, 0.3) is 0 Å². The number of ether oxygens (including phenoxy) is 2. The fourth-order valence-corrected chi connectivity index (χ4v) is 4.83. The lowest BCUT2D eigenvalue weighted by atomic mass is 9.51. The van der Waals surface area contributed by atoms with Crippen molar-refractivity contribution < 1.29 is 38.1 Å². The van der Waals surface area contributed by atoms with Crippen LogP contribution in [0.4, 0.5) is 8.78 Å². The van der Waals surface area contributed by atoms with Gasteiger partial charge in [0.05, 0.1) is 10.8 Å². The number of rotatable bonds is 10. The molecule has 0 bridgehead atoms. The first-order valence-electron chi connectivity index (χ1n) is 10.4. The molecule has 3 N–H and O–H groups in total. The molecule has 1 aromatic rings. The summed E-state index contributed by atoms with van der Waals surface area (Å²) in [4.78, 5) is 25.4. The minimum atomic E-state index is -3.14. The Hall–Kier alpha value is -2.26. The van der Waals surface area contributed by atoms with Crippen molar-refractivity contribution in [2.24, 2.45) is 10.8 Å². The van der Waals surface area contributed by atoms with Crippen LogP contribution in [0.3, 0.4) is 0 Å². The Labute approximate surface area is 180 Å². The molecule has 31 heavy (non-hydrogen) atoms. The zero-order valence-electron chi connectivity index (χ0n) is 18.2. The molecule has 1 aromatic carbocycles. The number of halogens is 2. The number of carboxylic acids is 2. The van der Waals surface area contributed by atoms with Crippen molar-refractivity contribution in [2.75, 3.05) is 13.2 Å². The number of aliphatic carboxylic acids is 2. The highest BCUT2D eigenvalue weighted by atomic mass is 19.3. The van der Waals surface area contributed by atoms with E-state index < -0.39 is 47.4 Å². The second kappa shape index (κ2) is 9.91. The van der Waals surface area contributed by atoms with Crippen molar-refractivity contribution >= 4 is 11.9 Å². The van der Waals surface area contributed by atoms with E-state index >= 15 is 0 Å². The number of alkyl halides is 2. The third-order valence-electron chi connectivity index (χ3n) is 6.60. The van der Waals surface area contributed by atoms with E-state index in [0.717, 1.165) is 6.42 Å². The highest BCUT2D eigenvalue weighted by molar-refractivity contribution is 5.84. The Morgan fingerprint density at radius 2 is 1.77 bits per heavy atom. The Bertz CT molecular complexity index is 791.